The number of aromatic carboxylic acids is 2. The number of benzene rings is 2. The van der Waals surface area contributed by atoms with Crippen molar-refractivity contribution in [3.63, 3.8) is 0 Å². The van der Waals surface area contributed by atoms with Gasteiger partial charge in [-0.05, 0) is 98.2 Å². The summed E-state index contributed by atoms with van der Waals surface area (Å²) in [5.41, 5.74) is 11.6. The summed E-state index contributed by atoms with van der Waals surface area (Å²) in [5.74, 6) is -2.44. The van der Waals surface area contributed by atoms with E-state index in [1.807, 2.05) is 39.8 Å². The minimum Gasteiger partial charge on any atom is -0.478 e. The quantitative estimate of drug-likeness (QED) is 0.100. The predicted molar refractivity (Wildman–Crippen MR) is 197 cm³/mol. The Labute approximate surface area is 295 Å². The van der Waals surface area contributed by atoms with Crippen LogP contribution in [0.1, 0.15) is 95.2 Å². The molecule has 2 aromatic heterocycles. The van der Waals surface area contributed by atoms with Gasteiger partial charge in [-0.25, -0.2) is 9.59 Å². The number of H-pyrrole nitrogens is 2. The largest absolute Gasteiger partial charge is 0.478 e. The van der Waals surface area contributed by atoms with Crippen LogP contribution in [0.15, 0.2) is 82.2 Å². The van der Waals surface area contributed by atoms with Gasteiger partial charge in [-0.1, -0.05) is 50.2 Å². The molecule has 10 nitrogen and oxygen atoms in total. The fraction of sp³-hybridized carbons (Fsp3) is 0.220. The van der Waals surface area contributed by atoms with Gasteiger partial charge in [0.25, 0.3) is 11.8 Å². The lowest BCUT2D eigenvalue weighted by atomic mass is 9.92. The van der Waals surface area contributed by atoms with E-state index in [1.165, 1.54) is 0 Å². The molecule has 0 saturated carbocycles. The average molecular weight is 685 g/mol. The average Bonchev–Trinajstić information content (AvgIpc) is 3.76. The molecule has 4 aromatic rings. The van der Waals surface area contributed by atoms with Gasteiger partial charge < -0.3 is 30.8 Å². The molecule has 2 aromatic carbocycles. The molecule has 6 N–H and O–H groups in total. The summed E-state index contributed by atoms with van der Waals surface area (Å²) in [6.45, 7) is 11.4. The maximum atomic E-state index is 12.6. The number of aromatic nitrogens is 2. The summed E-state index contributed by atoms with van der Waals surface area (Å²) in [5, 5.41) is 26.4. The molecule has 51 heavy (non-hydrogen) atoms. The lowest BCUT2D eigenvalue weighted by Gasteiger charge is -2.12. The summed E-state index contributed by atoms with van der Waals surface area (Å²) in [7, 11) is 0. The van der Waals surface area contributed by atoms with E-state index in [1.54, 1.807) is 62.4 Å². The molecular weight excluding hydrogens is 644 g/mol. The van der Waals surface area contributed by atoms with Crippen LogP contribution in [0.3, 0.4) is 0 Å². The van der Waals surface area contributed by atoms with E-state index in [-0.39, 0.29) is 29.4 Å². The molecule has 2 aliphatic heterocycles. The van der Waals surface area contributed by atoms with E-state index in [4.69, 9.17) is 0 Å². The van der Waals surface area contributed by atoms with Crippen LogP contribution in [0, 0.1) is 13.8 Å². The summed E-state index contributed by atoms with van der Waals surface area (Å²) in [4.78, 5) is 57.3. The van der Waals surface area contributed by atoms with Crippen LogP contribution in [0.25, 0.3) is 34.4 Å². The van der Waals surface area contributed by atoms with Crippen molar-refractivity contribution < 1.29 is 29.4 Å². The van der Waals surface area contributed by atoms with Gasteiger partial charge in [-0.2, -0.15) is 0 Å². The van der Waals surface area contributed by atoms with Gasteiger partial charge in [-0.15, -0.1) is 0 Å². The third-order valence-corrected chi connectivity index (χ3v) is 9.96. The second kappa shape index (κ2) is 13.6. The van der Waals surface area contributed by atoms with Crippen LogP contribution in [0.4, 0.5) is 0 Å². The van der Waals surface area contributed by atoms with Gasteiger partial charge in [0.1, 0.15) is 0 Å². The first kappa shape index (κ1) is 34.7. The summed E-state index contributed by atoms with van der Waals surface area (Å²) >= 11 is 0. The topological polar surface area (TPSA) is 164 Å². The van der Waals surface area contributed by atoms with Gasteiger partial charge in [0.05, 0.1) is 11.1 Å². The van der Waals surface area contributed by atoms with E-state index >= 15 is 0 Å². The van der Waals surface area contributed by atoms with E-state index in [0.29, 0.717) is 80.4 Å². The molecular formula is C41H40N4O6. The molecule has 0 aliphatic carbocycles. The molecule has 10 heteroatoms. The van der Waals surface area contributed by atoms with Crippen LogP contribution in [0.5, 0.6) is 0 Å². The maximum absolute atomic E-state index is 12.6. The van der Waals surface area contributed by atoms with Crippen LogP contribution >= 0.6 is 0 Å². The fourth-order valence-electron chi connectivity index (χ4n) is 7.30. The highest BCUT2D eigenvalue weighted by Gasteiger charge is 2.28. The second-order valence-corrected chi connectivity index (χ2v) is 12.9. The smallest absolute Gasteiger partial charge is 0.336 e. The van der Waals surface area contributed by atoms with Crippen LogP contribution in [-0.2, 0) is 16.0 Å². The number of nitrogens with one attached hydrogen (secondary N) is 4. The molecule has 4 heterocycles. The number of carboxylic acid groups (broad SMARTS) is 2. The first-order valence-corrected chi connectivity index (χ1v) is 16.9. The van der Waals surface area contributed by atoms with E-state index in [0.717, 1.165) is 22.3 Å². The Hall–Kier alpha value is -6.16. The normalized spacial score (nSPS) is 16.1. The zero-order chi connectivity index (χ0) is 36.7. The lowest BCUT2D eigenvalue weighted by molar-refractivity contribution is -0.117. The van der Waals surface area contributed by atoms with Crippen LogP contribution < -0.4 is 10.6 Å². The van der Waals surface area contributed by atoms with Gasteiger partial charge in [0, 0.05) is 62.9 Å². The fourth-order valence-corrected chi connectivity index (χ4v) is 7.30. The van der Waals surface area contributed by atoms with Crippen LogP contribution in [-0.4, -0.2) is 43.9 Å². The molecule has 0 fully saturated rings. The molecule has 0 atom stereocenters. The van der Waals surface area contributed by atoms with Crippen molar-refractivity contribution in [1.29, 1.82) is 0 Å². The molecule has 6 rings (SSSR count). The van der Waals surface area contributed by atoms with Crippen molar-refractivity contribution in [2.24, 2.45) is 0 Å². The summed E-state index contributed by atoms with van der Waals surface area (Å²) in [6, 6.07) is 13.6. The number of carboxylic acids is 2. The minimum absolute atomic E-state index is 0.134. The van der Waals surface area contributed by atoms with E-state index < -0.39 is 11.9 Å². The standard InChI is InChI=1S/C41H40N4O6/c1-7-24-20(3)38(46)44-32(24)17-30-22(5)36(26-13-9-11-15-28(26)40(48)49)34(42-30)19-35-37(27-14-10-12-16-29(27)41(50)51)23(6)31(43-35)18-33-25(8-2)21(4)39(47)45-33/h9-18,42-43H,7-8,19H2,1-6H3,(H,44,46)(H,45,47)(H,48,49)(H,50,51)/b32-17-,33-18-. The molecule has 2 amide bonds. The van der Waals surface area contributed by atoms with Gasteiger partial charge in [0.15, 0.2) is 0 Å². The van der Waals surface area contributed by atoms with Gasteiger partial charge in [-0.3, -0.25) is 9.59 Å². The molecule has 0 saturated heterocycles. The Kier molecular flexibility index (Phi) is 9.27. The molecule has 0 unspecified atom stereocenters. The number of hydrogen-bond acceptors (Lipinski definition) is 4. The highest BCUT2D eigenvalue weighted by Crippen LogP contribution is 2.40. The minimum atomic E-state index is -1.07. The van der Waals surface area contributed by atoms with Crippen molar-refractivity contribution >= 4 is 35.9 Å². The third-order valence-electron chi connectivity index (χ3n) is 9.96. The van der Waals surface area contributed by atoms with Gasteiger partial charge in [0.2, 0.25) is 0 Å². The number of carbonyl (C=O) groups is 4. The second-order valence-electron chi connectivity index (χ2n) is 12.9. The Morgan fingerprint density at radius 2 is 1.00 bits per heavy atom. The molecule has 260 valence electrons. The molecule has 2 aliphatic rings. The number of amides is 2. The highest BCUT2D eigenvalue weighted by molar-refractivity contribution is 6.02. The number of hydrogen-bond donors (Lipinski definition) is 6. The molecule has 0 bridgehead atoms. The molecule has 0 spiro atoms. The first-order chi connectivity index (χ1) is 24.4. The monoisotopic (exact) mass is 684 g/mol. The van der Waals surface area contributed by atoms with E-state index in [2.05, 4.69) is 20.6 Å². The van der Waals surface area contributed by atoms with Crippen molar-refractivity contribution in [3.8, 4) is 22.3 Å². The highest BCUT2D eigenvalue weighted by atomic mass is 16.4. The van der Waals surface area contributed by atoms with Crippen molar-refractivity contribution in [2.75, 3.05) is 0 Å². The number of rotatable bonds is 10. The van der Waals surface area contributed by atoms with E-state index in [9.17, 15) is 29.4 Å². The predicted octanol–water partition coefficient (Wildman–Crippen LogP) is 7.68. The SMILES string of the molecule is CCC1=C(C)C(=O)N/C1=C\c1[nH]c(Cc2[nH]c(/C=C3\NC(=O)C(C)=C3CC)c(C)c2-c2ccccc2C(=O)O)c(-c2ccccc2C(=O)O)c1C. The van der Waals surface area contributed by atoms with Crippen molar-refractivity contribution in [2.45, 2.75) is 60.8 Å². The van der Waals surface area contributed by atoms with Crippen molar-refractivity contribution in [1.82, 2.24) is 20.6 Å². The Balaban J connectivity index is 1.60. The Morgan fingerprint density at radius 1 is 0.627 bits per heavy atom. The Bertz CT molecular complexity index is 2130. The van der Waals surface area contributed by atoms with Gasteiger partial charge >= 0.3 is 11.9 Å². The lowest BCUT2D eigenvalue weighted by Crippen LogP contribution is -2.15. The summed E-state index contributed by atoms with van der Waals surface area (Å²) < 4.78 is 0. The number of carbonyl (C=O) groups excluding carboxylic acids is 2. The zero-order valence-electron chi connectivity index (χ0n) is 29.4. The Morgan fingerprint density at radius 3 is 1.35 bits per heavy atom. The first-order valence-electron chi connectivity index (χ1n) is 16.9. The third kappa shape index (κ3) is 6.14. The maximum Gasteiger partial charge on any atom is 0.336 e. The van der Waals surface area contributed by atoms with Crippen molar-refractivity contribution in [3.05, 3.63) is 127 Å². The number of aromatic amines is 2. The van der Waals surface area contributed by atoms with Crippen LogP contribution in [0.2, 0.25) is 0 Å². The number of allylic oxidation sites excluding steroid dienone is 2. The molecule has 0 radical (unpaired) electrons. The summed E-state index contributed by atoms with van der Waals surface area (Å²) in [6.07, 6.45) is 5.32. The zero-order valence-corrected chi connectivity index (χ0v) is 29.4.